The summed E-state index contributed by atoms with van der Waals surface area (Å²) in [7, 11) is 0. The summed E-state index contributed by atoms with van der Waals surface area (Å²) in [5, 5.41) is 28.2. The number of fused-ring (bicyclic) bond motifs is 1. The van der Waals surface area contributed by atoms with Crippen LogP contribution in [0.2, 0.25) is 0 Å². The summed E-state index contributed by atoms with van der Waals surface area (Å²) in [6, 6.07) is 12.9. The number of aromatic nitrogens is 2. The van der Waals surface area contributed by atoms with Crippen molar-refractivity contribution in [3.63, 3.8) is 0 Å². The zero-order chi connectivity index (χ0) is 24.7. The van der Waals surface area contributed by atoms with E-state index in [2.05, 4.69) is 9.97 Å². The van der Waals surface area contributed by atoms with Crippen LogP contribution in [0.3, 0.4) is 0 Å². The minimum atomic E-state index is -1.11. The predicted octanol–water partition coefficient (Wildman–Crippen LogP) is 3.69. The molecule has 7 nitrogen and oxygen atoms in total. The summed E-state index contributed by atoms with van der Waals surface area (Å²) in [5.74, 6) is -2.34. The lowest BCUT2D eigenvalue weighted by atomic mass is 9.98. The van der Waals surface area contributed by atoms with E-state index in [1.807, 2.05) is 6.07 Å². The van der Waals surface area contributed by atoms with Crippen molar-refractivity contribution in [2.75, 3.05) is 13.2 Å². The summed E-state index contributed by atoms with van der Waals surface area (Å²) in [6.07, 6.45) is -2.74. The fourth-order valence-corrected chi connectivity index (χ4v) is 4.08. The fraction of sp³-hybridized carbons (Fsp3) is 0.200. The molecule has 0 spiro atoms. The lowest BCUT2D eigenvalue weighted by Crippen LogP contribution is -2.36. The van der Waals surface area contributed by atoms with Crippen molar-refractivity contribution >= 4 is 11.0 Å². The number of nitriles is 1. The Morgan fingerprint density at radius 2 is 1.83 bits per heavy atom. The number of hydrogen-bond acceptors (Lipinski definition) is 6. The SMILES string of the molecule is N#Cc1ccc(-c2ccc(-c3c(F)cc4[nH]c(OC5CO[C@H](CO)C5O)nc4c3F)cc2)c(F)c1. The second-order valence-corrected chi connectivity index (χ2v) is 8.07. The highest BCUT2D eigenvalue weighted by Crippen LogP contribution is 2.34. The fourth-order valence-electron chi connectivity index (χ4n) is 4.08. The predicted molar refractivity (Wildman–Crippen MR) is 119 cm³/mol. The topological polar surface area (TPSA) is 111 Å². The molecule has 3 atom stereocenters. The number of aliphatic hydroxyl groups is 2. The molecule has 10 heteroatoms. The van der Waals surface area contributed by atoms with E-state index < -0.39 is 35.8 Å². The Bertz CT molecular complexity index is 1450. The Hall–Kier alpha value is -3.91. The van der Waals surface area contributed by atoms with Gasteiger partial charge in [0.2, 0.25) is 0 Å². The van der Waals surface area contributed by atoms with Gasteiger partial charge in [0.15, 0.2) is 11.9 Å². The molecule has 3 aromatic carbocycles. The molecule has 0 amide bonds. The molecule has 1 saturated heterocycles. The largest absolute Gasteiger partial charge is 0.456 e. The average molecular weight is 481 g/mol. The lowest BCUT2D eigenvalue weighted by Gasteiger charge is -2.15. The van der Waals surface area contributed by atoms with Gasteiger partial charge in [0.05, 0.1) is 35.9 Å². The van der Waals surface area contributed by atoms with E-state index in [1.54, 1.807) is 0 Å². The van der Waals surface area contributed by atoms with Crippen LogP contribution in [0, 0.1) is 28.8 Å². The van der Waals surface area contributed by atoms with Crippen LogP contribution in [0.5, 0.6) is 6.01 Å². The molecule has 5 rings (SSSR count). The van der Waals surface area contributed by atoms with E-state index >= 15 is 4.39 Å². The van der Waals surface area contributed by atoms with Crippen LogP contribution in [0.1, 0.15) is 5.56 Å². The van der Waals surface area contributed by atoms with Gasteiger partial charge in [-0.15, -0.1) is 0 Å². The van der Waals surface area contributed by atoms with Crippen molar-refractivity contribution in [1.29, 1.82) is 5.26 Å². The van der Waals surface area contributed by atoms with Gasteiger partial charge in [-0.2, -0.15) is 10.2 Å². The van der Waals surface area contributed by atoms with Crippen molar-refractivity contribution in [3.05, 3.63) is 71.5 Å². The maximum absolute atomic E-state index is 15.3. The Kier molecular flexibility index (Phi) is 5.90. The Morgan fingerprint density at radius 3 is 2.49 bits per heavy atom. The van der Waals surface area contributed by atoms with E-state index in [9.17, 15) is 19.0 Å². The van der Waals surface area contributed by atoms with Gasteiger partial charge in [0.1, 0.15) is 29.4 Å². The lowest BCUT2D eigenvalue weighted by molar-refractivity contribution is -0.00390. The summed E-state index contributed by atoms with van der Waals surface area (Å²) in [4.78, 5) is 6.73. The van der Waals surface area contributed by atoms with Crippen molar-refractivity contribution in [2.45, 2.75) is 18.3 Å². The van der Waals surface area contributed by atoms with Crippen molar-refractivity contribution in [1.82, 2.24) is 9.97 Å². The Labute approximate surface area is 197 Å². The van der Waals surface area contributed by atoms with Crippen LogP contribution < -0.4 is 4.74 Å². The molecule has 0 radical (unpaired) electrons. The maximum atomic E-state index is 15.3. The van der Waals surface area contributed by atoms with Crippen LogP contribution in [-0.4, -0.2) is 51.7 Å². The number of nitrogens with one attached hydrogen (secondary N) is 1. The molecule has 1 fully saturated rings. The molecule has 0 saturated carbocycles. The van der Waals surface area contributed by atoms with Gasteiger partial charge < -0.3 is 24.7 Å². The zero-order valence-corrected chi connectivity index (χ0v) is 18.0. The molecule has 3 N–H and O–H groups in total. The monoisotopic (exact) mass is 481 g/mol. The number of rotatable bonds is 5. The highest BCUT2D eigenvalue weighted by atomic mass is 19.1. The standard InChI is InChI=1S/C25H18F3N3O4/c26-16-7-12(9-29)1-6-15(16)13-2-4-14(5-3-13)21-17(27)8-18-23(22(21)28)31-25(30-18)35-20-11-34-19(10-32)24(20)33/h1-8,19-20,24,32-33H,10-11H2,(H,30,31)/t19-,20?,24?/m1/s1. The first-order valence-electron chi connectivity index (χ1n) is 10.6. The van der Waals surface area contributed by atoms with Gasteiger partial charge >= 0.3 is 0 Å². The van der Waals surface area contributed by atoms with Crippen LogP contribution in [0.4, 0.5) is 13.2 Å². The Balaban J connectivity index is 1.45. The number of benzene rings is 3. The number of halogens is 3. The van der Waals surface area contributed by atoms with E-state index in [0.717, 1.165) is 12.1 Å². The number of ether oxygens (including phenoxy) is 2. The van der Waals surface area contributed by atoms with Crippen molar-refractivity contribution in [2.24, 2.45) is 0 Å². The highest BCUT2D eigenvalue weighted by molar-refractivity contribution is 5.84. The van der Waals surface area contributed by atoms with Gasteiger partial charge in [0.25, 0.3) is 6.01 Å². The third-order valence-electron chi connectivity index (χ3n) is 5.91. The number of hydrogen-bond donors (Lipinski definition) is 3. The number of aromatic amines is 1. The first-order valence-corrected chi connectivity index (χ1v) is 10.6. The molecule has 178 valence electrons. The van der Waals surface area contributed by atoms with E-state index in [-0.39, 0.29) is 52.5 Å². The second kappa shape index (κ2) is 9.03. The molecule has 1 aliphatic heterocycles. The summed E-state index contributed by atoms with van der Waals surface area (Å²) < 4.78 is 55.3. The van der Waals surface area contributed by atoms with E-state index in [4.69, 9.17) is 14.7 Å². The van der Waals surface area contributed by atoms with E-state index in [0.29, 0.717) is 5.56 Å². The van der Waals surface area contributed by atoms with Gasteiger partial charge in [-0.05, 0) is 23.3 Å². The van der Waals surface area contributed by atoms with Gasteiger partial charge in [-0.1, -0.05) is 30.3 Å². The molecule has 1 aromatic heterocycles. The molecular formula is C25H18F3N3O4. The molecule has 0 bridgehead atoms. The first kappa shape index (κ1) is 22.9. The maximum Gasteiger partial charge on any atom is 0.295 e. The van der Waals surface area contributed by atoms with Crippen LogP contribution in [0.15, 0.2) is 48.5 Å². The average Bonchev–Trinajstić information content (AvgIpc) is 3.42. The van der Waals surface area contributed by atoms with E-state index in [1.165, 1.54) is 36.4 Å². The molecule has 35 heavy (non-hydrogen) atoms. The smallest absolute Gasteiger partial charge is 0.295 e. The highest BCUT2D eigenvalue weighted by Gasteiger charge is 2.37. The van der Waals surface area contributed by atoms with Crippen LogP contribution in [-0.2, 0) is 4.74 Å². The number of aliphatic hydroxyl groups excluding tert-OH is 2. The second-order valence-electron chi connectivity index (χ2n) is 8.07. The normalized spacial score (nSPS) is 19.7. The van der Waals surface area contributed by atoms with Crippen LogP contribution in [0.25, 0.3) is 33.3 Å². The third-order valence-corrected chi connectivity index (χ3v) is 5.91. The molecular weight excluding hydrogens is 463 g/mol. The number of imidazole rings is 1. The van der Waals surface area contributed by atoms with Gasteiger partial charge in [-0.25, -0.2) is 13.2 Å². The van der Waals surface area contributed by atoms with Crippen molar-refractivity contribution < 1.29 is 32.9 Å². The minimum Gasteiger partial charge on any atom is -0.456 e. The van der Waals surface area contributed by atoms with Gasteiger partial charge in [-0.3, -0.25) is 0 Å². The Morgan fingerprint density at radius 1 is 1.09 bits per heavy atom. The van der Waals surface area contributed by atoms with Crippen molar-refractivity contribution in [3.8, 4) is 34.3 Å². The number of H-pyrrole nitrogens is 1. The quantitative estimate of drug-likeness (QED) is 0.401. The first-order chi connectivity index (χ1) is 16.9. The summed E-state index contributed by atoms with van der Waals surface area (Å²) >= 11 is 0. The summed E-state index contributed by atoms with van der Waals surface area (Å²) in [6.45, 7) is -0.390. The molecule has 4 aromatic rings. The summed E-state index contributed by atoms with van der Waals surface area (Å²) in [5.41, 5.74) is 0.718. The molecule has 1 aliphatic rings. The minimum absolute atomic E-state index is 0.00227. The molecule has 2 heterocycles. The molecule has 2 unspecified atom stereocenters. The zero-order valence-electron chi connectivity index (χ0n) is 18.0. The molecule has 0 aliphatic carbocycles. The van der Waals surface area contributed by atoms with Crippen LogP contribution >= 0.6 is 0 Å². The third kappa shape index (κ3) is 4.10. The van der Waals surface area contributed by atoms with Gasteiger partial charge in [0, 0.05) is 11.6 Å². The number of nitrogens with zero attached hydrogens (tertiary/aromatic N) is 2.